The van der Waals surface area contributed by atoms with E-state index in [4.69, 9.17) is 0 Å². The van der Waals surface area contributed by atoms with Gasteiger partial charge in [-0.15, -0.1) is 0 Å². The van der Waals surface area contributed by atoms with Gasteiger partial charge < -0.3 is 4.90 Å². The molecule has 0 bridgehead atoms. The van der Waals surface area contributed by atoms with Gasteiger partial charge in [-0.05, 0) is 60.4 Å². The van der Waals surface area contributed by atoms with Crippen molar-refractivity contribution in [2.24, 2.45) is 0 Å². The second-order valence-electron chi connectivity index (χ2n) is 6.11. The summed E-state index contributed by atoms with van der Waals surface area (Å²) in [5.41, 5.74) is 3.05. The van der Waals surface area contributed by atoms with Crippen molar-refractivity contribution >= 4 is 17.2 Å². The third kappa shape index (κ3) is 3.76. The molecule has 130 valence electrons. The quantitative estimate of drug-likeness (QED) is 0.720. The summed E-state index contributed by atoms with van der Waals surface area (Å²) in [6, 6.07) is 11.1. The van der Waals surface area contributed by atoms with E-state index in [0.29, 0.717) is 0 Å². The van der Waals surface area contributed by atoms with Gasteiger partial charge in [-0.25, -0.2) is 0 Å². The third-order valence-corrected chi connectivity index (χ3v) is 4.38. The number of allylic oxidation sites excluding steroid dienone is 1. The van der Waals surface area contributed by atoms with Crippen molar-refractivity contribution in [3.63, 3.8) is 0 Å². The van der Waals surface area contributed by atoms with Crippen LogP contribution in [0.3, 0.4) is 0 Å². The van der Waals surface area contributed by atoms with Gasteiger partial charge in [0.05, 0.1) is 5.56 Å². The number of aryl methyl sites for hydroxylation is 1. The maximum Gasteiger partial charge on any atom is 0.416 e. The van der Waals surface area contributed by atoms with Crippen LogP contribution in [0.1, 0.15) is 23.1 Å². The fraction of sp³-hybridized carbons (Fsp3) is 0.250. The van der Waals surface area contributed by atoms with E-state index in [1.165, 1.54) is 18.2 Å². The number of benzene rings is 2. The molecule has 2 aromatic rings. The van der Waals surface area contributed by atoms with E-state index in [2.05, 4.69) is 6.58 Å². The van der Waals surface area contributed by atoms with Crippen LogP contribution in [0.4, 0.5) is 24.5 Å². The van der Waals surface area contributed by atoms with E-state index in [-0.39, 0.29) is 12.2 Å². The van der Waals surface area contributed by atoms with Crippen LogP contribution >= 0.6 is 0 Å². The Balaban J connectivity index is 1.93. The van der Waals surface area contributed by atoms with Crippen LogP contribution in [0.15, 0.2) is 55.1 Å². The first-order chi connectivity index (χ1) is 11.9. The van der Waals surface area contributed by atoms with Crippen molar-refractivity contribution in [3.8, 4) is 0 Å². The van der Waals surface area contributed by atoms with E-state index >= 15 is 0 Å². The molecule has 0 saturated heterocycles. The Hall–Kier alpha value is -2.56. The zero-order chi connectivity index (χ0) is 18.0. The number of carbonyl (C=O) groups is 1. The van der Waals surface area contributed by atoms with E-state index in [9.17, 15) is 18.0 Å². The van der Waals surface area contributed by atoms with E-state index in [0.717, 1.165) is 54.0 Å². The average Bonchev–Trinajstić information content (AvgIpc) is 2.60. The van der Waals surface area contributed by atoms with Crippen LogP contribution in [0.25, 0.3) is 0 Å². The fourth-order valence-corrected chi connectivity index (χ4v) is 3.10. The van der Waals surface area contributed by atoms with Gasteiger partial charge in [0.25, 0.3) is 0 Å². The smallest absolute Gasteiger partial charge is 0.341 e. The molecule has 0 N–H and O–H groups in total. The molecule has 0 fully saturated rings. The number of carbonyl (C=O) groups excluding carboxylic acids is 1. The van der Waals surface area contributed by atoms with Crippen molar-refractivity contribution in [3.05, 3.63) is 71.8 Å². The molecule has 0 amide bonds. The average molecular weight is 345 g/mol. The molecule has 3 rings (SSSR count). The lowest BCUT2D eigenvalue weighted by Gasteiger charge is -2.32. The standard InChI is InChI=1S/C20H18F3NO/c1-2-18(25)12-14-5-6-15-4-3-11-24(19(15)13-14)17-9-7-16(8-10-17)20(21,22)23/h2,5-10,13H,1,3-4,11-12H2. The van der Waals surface area contributed by atoms with Gasteiger partial charge in [-0.2, -0.15) is 13.2 Å². The molecule has 25 heavy (non-hydrogen) atoms. The lowest BCUT2D eigenvalue weighted by atomic mass is 9.97. The van der Waals surface area contributed by atoms with Crippen LogP contribution in [-0.2, 0) is 23.8 Å². The van der Waals surface area contributed by atoms with Crippen LogP contribution < -0.4 is 4.90 Å². The molecule has 1 aliphatic heterocycles. The number of alkyl halides is 3. The highest BCUT2D eigenvalue weighted by Crippen LogP contribution is 2.36. The highest BCUT2D eigenvalue weighted by atomic mass is 19.4. The highest BCUT2D eigenvalue weighted by Gasteiger charge is 2.30. The van der Waals surface area contributed by atoms with Crippen LogP contribution in [0.5, 0.6) is 0 Å². The molecular weight excluding hydrogens is 327 g/mol. The maximum atomic E-state index is 12.8. The molecular formula is C20H18F3NO. The minimum absolute atomic E-state index is 0.0585. The Morgan fingerprint density at radius 1 is 1.16 bits per heavy atom. The van der Waals surface area contributed by atoms with Crippen molar-refractivity contribution < 1.29 is 18.0 Å². The topological polar surface area (TPSA) is 20.3 Å². The van der Waals surface area contributed by atoms with Gasteiger partial charge in [0, 0.05) is 24.3 Å². The van der Waals surface area contributed by atoms with Gasteiger partial charge in [0.15, 0.2) is 5.78 Å². The minimum Gasteiger partial charge on any atom is -0.341 e. The Morgan fingerprint density at radius 2 is 1.88 bits per heavy atom. The SMILES string of the molecule is C=CC(=O)Cc1ccc2c(c1)N(c1ccc(C(F)(F)F)cc1)CCC2. The lowest BCUT2D eigenvalue weighted by Crippen LogP contribution is -2.24. The van der Waals surface area contributed by atoms with Crippen molar-refractivity contribution in [1.29, 1.82) is 0 Å². The molecule has 0 aliphatic carbocycles. The molecule has 0 spiro atoms. The summed E-state index contributed by atoms with van der Waals surface area (Å²) >= 11 is 0. The molecule has 2 aromatic carbocycles. The summed E-state index contributed by atoms with van der Waals surface area (Å²) in [5.74, 6) is -0.0585. The summed E-state index contributed by atoms with van der Waals surface area (Å²) in [6.45, 7) is 4.22. The molecule has 2 nitrogen and oxygen atoms in total. The van der Waals surface area contributed by atoms with E-state index in [1.54, 1.807) is 0 Å². The Kier molecular flexibility index (Phi) is 4.66. The summed E-state index contributed by atoms with van der Waals surface area (Å²) in [4.78, 5) is 13.6. The van der Waals surface area contributed by atoms with Gasteiger partial charge in [0.2, 0.25) is 0 Å². The minimum atomic E-state index is -4.34. The van der Waals surface area contributed by atoms with Gasteiger partial charge >= 0.3 is 6.18 Å². The molecule has 1 aliphatic rings. The van der Waals surface area contributed by atoms with Crippen molar-refractivity contribution in [2.75, 3.05) is 11.4 Å². The summed E-state index contributed by atoms with van der Waals surface area (Å²) < 4.78 is 38.3. The van der Waals surface area contributed by atoms with Crippen molar-refractivity contribution in [1.82, 2.24) is 0 Å². The zero-order valence-corrected chi connectivity index (χ0v) is 13.6. The van der Waals surface area contributed by atoms with Gasteiger partial charge in [0.1, 0.15) is 0 Å². The van der Waals surface area contributed by atoms with Gasteiger partial charge in [-0.1, -0.05) is 18.7 Å². The zero-order valence-electron chi connectivity index (χ0n) is 13.6. The lowest BCUT2D eigenvalue weighted by molar-refractivity contribution is -0.137. The monoisotopic (exact) mass is 345 g/mol. The Morgan fingerprint density at radius 3 is 2.52 bits per heavy atom. The number of fused-ring (bicyclic) bond motifs is 1. The first-order valence-electron chi connectivity index (χ1n) is 8.10. The second kappa shape index (κ2) is 6.75. The molecule has 5 heteroatoms. The number of hydrogen-bond acceptors (Lipinski definition) is 2. The molecule has 0 unspecified atom stereocenters. The number of halogens is 3. The number of ketones is 1. The highest BCUT2D eigenvalue weighted by molar-refractivity contribution is 5.91. The summed E-state index contributed by atoms with van der Waals surface area (Å²) in [6.07, 6.45) is -0.914. The Bertz CT molecular complexity index is 794. The predicted molar refractivity (Wildman–Crippen MR) is 92.1 cm³/mol. The van der Waals surface area contributed by atoms with Crippen molar-refractivity contribution in [2.45, 2.75) is 25.4 Å². The van der Waals surface area contributed by atoms with Gasteiger partial charge in [-0.3, -0.25) is 4.79 Å². The second-order valence-corrected chi connectivity index (χ2v) is 6.11. The third-order valence-electron chi connectivity index (χ3n) is 4.38. The molecule has 0 radical (unpaired) electrons. The maximum absolute atomic E-state index is 12.8. The van der Waals surface area contributed by atoms with E-state index < -0.39 is 11.7 Å². The summed E-state index contributed by atoms with van der Waals surface area (Å²) in [5, 5.41) is 0. The number of anilines is 2. The Labute approximate surface area is 144 Å². The number of nitrogens with zero attached hydrogens (tertiary/aromatic N) is 1. The number of hydrogen-bond donors (Lipinski definition) is 0. The largest absolute Gasteiger partial charge is 0.416 e. The predicted octanol–water partition coefficient (Wildman–Crippen LogP) is 5.09. The molecule has 0 aromatic heterocycles. The van der Waals surface area contributed by atoms with Crippen LogP contribution in [0, 0.1) is 0 Å². The van der Waals surface area contributed by atoms with E-state index in [1.807, 2.05) is 23.1 Å². The van der Waals surface area contributed by atoms with Crippen LogP contribution in [0.2, 0.25) is 0 Å². The first kappa shape index (κ1) is 17.3. The number of rotatable bonds is 4. The van der Waals surface area contributed by atoms with Crippen LogP contribution in [-0.4, -0.2) is 12.3 Å². The molecule has 1 heterocycles. The molecule has 0 saturated carbocycles. The molecule has 0 atom stereocenters. The normalized spacial score (nSPS) is 14.1. The first-order valence-corrected chi connectivity index (χ1v) is 8.10. The summed E-state index contributed by atoms with van der Waals surface area (Å²) in [7, 11) is 0. The fourth-order valence-electron chi connectivity index (χ4n) is 3.10.